The summed E-state index contributed by atoms with van der Waals surface area (Å²) in [6.07, 6.45) is 5.03. The fourth-order valence-corrected chi connectivity index (χ4v) is 4.81. The predicted octanol–water partition coefficient (Wildman–Crippen LogP) is 4.07. The number of halogens is 2. The molecule has 0 radical (unpaired) electrons. The lowest BCUT2D eigenvalue weighted by molar-refractivity contribution is -0.117. The first-order valence-electron chi connectivity index (χ1n) is 11.7. The number of anilines is 2. The smallest absolute Gasteiger partial charge is 0.243 e. The Kier molecular flexibility index (Phi) is 7.23. The van der Waals surface area contributed by atoms with Crippen LogP contribution in [0.3, 0.4) is 0 Å². The number of fused-ring (bicyclic) bond motifs is 1. The van der Waals surface area contributed by atoms with Crippen LogP contribution in [0.5, 0.6) is 11.5 Å². The zero-order chi connectivity index (χ0) is 26.1. The summed E-state index contributed by atoms with van der Waals surface area (Å²) in [6, 6.07) is 3.34. The molecule has 0 bridgehead atoms. The molecule has 1 aliphatic heterocycles. The highest BCUT2D eigenvalue weighted by molar-refractivity contribution is 6.41. The maximum Gasteiger partial charge on any atom is 0.243 e. The third-order valence-electron chi connectivity index (χ3n) is 6.22. The highest BCUT2D eigenvalue weighted by Crippen LogP contribution is 2.46. The topological polar surface area (TPSA) is 120 Å². The Labute approximate surface area is 223 Å². The van der Waals surface area contributed by atoms with Crippen molar-refractivity contribution in [2.45, 2.75) is 31.0 Å². The van der Waals surface area contributed by atoms with Crippen LogP contribution in [-0.2, 0) is 9.53 Å². The molecule has 12 heteroatoms. The van der Waals surface area contributed by atoms with Gasteiger partial charge in [-0.25, -0.2) is 15.0 Å². The number of amides is 1. The first-order valence-corrected chi connectivity index (χ1v) is 12.5. The number of hydrogen-bond donors (Lipinski definition) is 3. The monoisotopic (exact) mass is 544 g/mol. The van der Waals surface area contributed by atoms with E-state index in [0.29, 0.717) is 69.3 Å². The number of pyridine rings is 1. The van der Waals surface area contributed by atoms with E-state index in [4.69, 9.17) is 47.4 Å². The molecule has 0 spiro atoms. The minimum Gasteiger partial charge on any atom is -0.495 e. The number of methoxy groups -OCH3 is 2. The molecule has 1 amide bonds. The molecule has 1 saturated heterocycles. The SMILES string of the molecule is C=CC(=O)N[C@H]1COC[C@H]1Nc1ncc2cc(-c3c(Cl)c(OC)cc(OC)c3Cl)nc(NC3CC3)c2n1. The van der Waals surface area contributed by atoms with Gasteiger partial charge in [0, 0.05) is 29.3 Å². The Morgan fingerprint density at radius 3 is 2.43 bits per heavy atom. The summed E-state index contributed by atoms with van der Waals surface area (Å²) in [5.74, 6) is 1.57. The number of hydrogen-bond acceptors (Lipinski definition) is 9. The van der Waals surface area contributed by atoms with Gasteiger partial charge in [-0.05, 0) is 25.0 Å². The summed E-state index contributed by atoms with van der Waals surface area (Å²) < 4.78 is 16.4. The molecule has 1 aliphatic carbocycles. The zero-order valence-electron chi connectivity index (χ0n) is 20.3. The second-order valence-electron chi connectivity index (χ2n) is 8.80. The Morgan fingerprint density at radius 1 is 1.08 bits per heavy atom. The molecule has 194 valence electrons. The van der Waals surface area contributed by atoms with E-state index in [-0.39, 0.29) is 18.0 Å². The highest BCUT2D eigenvalue weighted by Gasteiger charge is 2.30. The van der Waals surface area contributed by atoms with Gasteiger partial charge in [0.2, 0.25) is 11.9 Å². The van der Waals surface area contributed by atoms with E-state index in [1.807, 2.05) is 6.07 Å². The first kappa shape index (κ1) is 25.3. The molecule has 5 rings (SSSR count). The van der Waals surface area contributed by atoms with Gasteiger partial charge in [-0.2, -0.15) is 0 Å². The molecule has 2 atom stereocenters. The van der Waals surface area contributed by atoms with E-state index in [1.54, 1.807) is 12.3 Å². The van der Waals surface area contributed by atoms with Gasteiger partial charge in [0.1, 0.15) is 17.0 Å². The van der Waals surface area contributed by atoms with E-state index in [9.17, 15) is 4.79 Å². The third kappa shape index (κ3) is 5.22. The van der Waals surface area contributed by atoms with Crippen molar-refractivity contribution >= 4 is 51.8 Å². The van der Waals surface area contributed by atoms with Crippen LogP contribution >= 0.6 is 23.2 Å². The second kappa shape index (κ2) is 10.6. The molecule has 2 aliphatic rings. The lowest BCUT2D eigenvalue weighted by atomic mass is 10.1. The molecule has 1 aromatic carbocycles. The Morgan fingerprint density at radius 2 is 1.78 bits per heavy atom. The van der Waals surface area contributed by atoms with Crippen molar-refractivity contribution in [1.82, 2.24) is 20.3 Å². The van der Waals surface area contributed by atoms with Crippen LogP contribution in [0.2, 0.25) is 10.0 Å². The predicted molar refractivity (Wildman–Crippen MR) is 143 cm³/mol. The largest absolute Gasteiger partial charge is 0.495 e. The van der Waals surface area contributed by atoms with Crippen molar-refractivity contribution in [2.75, 3.05) is 38.1 Å². The van der Waals surface area contributed by atoms with Crippen molar-refractivity contribution in [3.63, 3.8) is 0 Å². The molecule has 3 heterocycles. The quantitative estimate of drug-likeness (QED) is 0.342. The van der Waals surface area contributed by atoms with Gasteiger partial charge < -0.3 is 30.2 Å². The molecule has 1 saturated carbocycles. The van der Waals surface area contributed by atoms with Crippen LogP contribution in [0, 0.1) is 0 Å². The molecule has 3 aromatic rings. The van der Waals surface area contributed by atoms with Gasteiger partial charge >= 0.3 is 0 Å². The van der Waals surface area contributed by atoms with Gasteiger partial charge in [0.15, 0.2) is 5.82 Å². The van der Waals surface area contributed by atoms with Crippen LogP contribution in [0.15, 0.2) is 31.0 Å². The minimum absolute atomic E-state index is 0.199. The maximum atomic E-state index is 11.8. The molecule has 2 aromatic heterocycles. The Hall–Kier alpha value is -3.34. The fraction of sp³-hybridized carbons (Fsp3) is 0.360. The average molecular weight is 545 g/mol. The fourth-order valence-electron chi connectivity index (χ4n) is 4.12. The lowest BCUT2D eigenvalue weighted by Gasteiger charge is -2.20. The molecule has 3 N–H and O–H groups in total. The number of aromatic nitrogens is 3. The summed E-state index contributed by atoms with van der Waals surface area (Å²) in [4.78, 5) is 25.9. The lowest BCUT2D eigenvalue weighted by Crippen LogP contribution is -2.45. The molecule has 10 nitrogen and oxygen atoms in total. The van der Waals surface area contributed by atoms with Gasteiger partial charge in [-0.3, -0.25) is 4.79 Å². The van der Waals surface area contributed by atoms with Gasteiger partial charge in [-0.15, -0.1) is 0 Å². The van der Waals surface area contributed by atoms with Crippen molar-refractivity contribution in [3.8, 4) is 22.8 Å². The van der Waals surface area contributed by atoms with Crippen molar-refractivity contribution in [3.05, 3.63) is 41.0 Å². The van der Waals surface area contributed by atoms with Gasteiger partial charge in [0.05, 0.1) is 55.3 Å². The van der Waals surface area contributed by atoms with Gasteiger partial charge in [-0.1, -0.05) is 29.8 Å². The normalized spacial score (nSPS) is 18.9. The standard InChI is InChI=1S/C25H26Cl2N6O4/c1-4-19(34)30-15-10-37-11-16(15)32-25-28-9-12-7-14(31-24(23(12)33-25)29-13-5-6-13)20-21(26)17(35-2)8-18(36-3)22(20)27/h4,7-9,13,15-16H,1,5-6,10-11H2,2-3H3,(H,29,31)(H,30,34)(H,28,32,33)/t15-,16+/m0/s1. The molecule has 0 unspecified atom stereocenters. The summed E-state index contributed by atoms with van der Waals surface area (Å²) >= 11 is 13.3. The molecular formula is C25H26Cl2N6O4. The van der Waals surface area contributed by atoms with E-state index in [2.05, 4.69) is 27.5 Å². The summed E-state index contributed by atoms with van der Waals surface area (Å²) in [5.41, 5.74) is 1.66. The highest BCUT2D eigenvalue weighted by atomic mass is 35.5. The van der Waals surface area contributed by atoms with Crippen LogP contribution in [-0.4, -0.2) is 66.4 Å². The summed E-state index contributed by atoms with van der Waals surface area (Å²) in [7, 11) is 3.05. The summed E-state index contributed by atoms with van der Waals surface area (Å²) in [5, 5.41) is 11.0. The molecule has 37 heavy (non-hydrogen) atoms. The zero-order valence-corrected chi connectivity index (χ0v) is 21.8. The molecular weight excluding hydrogens is 519 g/mol. The van der Waals surface area contributed by atoms with Crippen LogP contribution in [0.25, 0.3) is 22.2 Å². The van der Waals surface area contributed by atoms with Crippen LogP contribution in [0.4, 0.5) is 11.8 Å². The Balaban J connectivity index is 1.54. The molecule has 2 fully saturated rings. The van der Waals surface area contributed by atoms with Crippen LogP contribution in [0.1, 0.15) is 12.8 Å². The van der Waals surface area contributed by atoms with Gasteiger partial charge in [0.25, 0.3) is 0 Å². The third-order valence-corrected chi connectivity index (χ3v) is 6.97. The van der Waals surface area contributed by atoms with Crippen molar-refractivity contribution in [2.24, 2.45) is 0 Å². The first-order chi connectivity index (χ1) is 17.9. The van der Waals surface area contributed by atoms with Crippen LogP contribution < -0.4 is 25.4 Å². The second-order valence-corrected chi connectivity index (χ2v) is 9.55. The maximum absolute atomic E-state index is 11.8. The Bertz CT molecular complexity index is 1340. The average Bonchev–Trinajstić information content (AvgIpc) is 3.62. The van der Waals surface area contributed by atoms with E-state index in [1.165, 1.54) is 20.3 Å². The minimum atomic E-state index is -0.263. The van der Waals surface area contributed by atoms with Crippen molar-refractivity contribution in [1.29, 1.82) is 0 Å². The number of benzene rings is 1. The number of rotatable bonds is 9. The van der Waals surface area contributed by atoms with E-state index < -0.39 is 0 Å². The number of ether oxygens (including phenoxy) is 3. The number of carbonyl (C=O) groups is 1. The summed E-state index contributed by atoms with van der Waals surface area (Å²) in [6.45, 7) is 4.29. The number of nitrogens with one attached hydrogen (secondary N) is 3. The van der Waals surface area contributed by atoms with E-state index in [0.717, 1.165) is 18.2 Å². The number of carbonyl (C=O) groups excluding carboxylic acids is 1. The number of nitrogens with zero attached hydrogens (tertiary/aromatic N) is 3. The van der Waals surface area contributed by atoms with E-state index >= 15 is 0 Å². The van der Waals surface area contributed by atoms with Crippen molar-refractivity contribution < 1.29 is 19.0 Å².